The Morgan fingerprint density at radius 3 is 3.11 bits per heavy atom. The number of aromatic nitrogens is 5. The molecular weight excluding hydrogens is 244 g/mol. The van der Waals surface area contributed by atoms with Gasteiger partial charge in [-0.15, -0.1) is 10.2 Å². The van der Waals surface area contributed by atoms with E-state index < -0.39 is 0 Å². The van der Waals surface area contributed by atoms with Crippen molar-refractivity contribution < 1.29 is 4.74 Å². The summed E-state index contributed by atoms with van der Waals surface area (Å²) < 4.78 is 7.27. The molecule has 0 aliphatic heterocycles. The van der Waals surface area contributed by atoms with Gasteiger partial charge in [0.05, 0.1) is 12.2 Å². The van der Waals surface area contributed by atoms with Gasteiger partial charge in [-0.2, -0.15) is 0 Å². The minimum atomic E-state index is 0.523. The minimum Gasteiger partial charge on any atom is -0.475 e. The Kier molecular flexibility index (Phi) is 4.91. The molecule has 7 nitrogen and oxygen atoms in total. The van der Waals surface area contributed by atoms with E-state index in [1.54, 1.807) is 4.68 Å². The zero-order valence-electron chi connectivity index (χ0n) is 11.4. The van der Waals surface area contributed by atoms with Crippen LogP contribution in [-0.4, -0.2) is 38.3 Å². The first-order chi connectivity index (χ1) is 9.28. The van der Waals surface area contributed by atoms with Crippen LogP contribution < -0.4 is 10.1 Å². The topological polar surface area (TPSA) is 80.7 Å². The Morgan fingerprint density at radius 2 is 2.37 bits per heavy atom. The molecule has 19 heavy (non-hydrogen) atoms. The predicted octanol–water partition coefficient (Wildman–Crippen LogP) is 0.888. The Bertz CT molecular complexity index is 492. The Hall–Kier alpha value is -1.89. The molecule has 2 N–H and O–H groups in total. The fourth-order valence-corrected chi connectivity index (χ4v) is 1.63. The highest BCUT2D eigenvalue weighted by Gasteiger charge is 2.02. The third-order valence-corrected chi connectivity index (χ3v) is 2.57. The van der Waals surface area contributed by atoms with E-state index in [4.69, 9.17) is 4.74 Å². The molecule has 7 heteroatoms. The maximum Gasteiger partial charge on any atom is 0.232 e. The van der Waals surface area contributed by atoms with Crippen molar-refractivity contribution in [3.63, 3.8) is 0 Å². The fourth-order valence-electron chi connectivity index (χ4n) is 1.63. The van der Waals surface area contributed by atoms with Gasteiger partial charge in [0.2, 0.25) is 5.88 Å². The number of aryl methyl sites for hydroxylation is 1. The van der Waals surface area contributed by atoms with E-state index in [1.807, 2.05) is 19.2 Å². The summed E-state index contributed by atoms with van der Waals surface area (Å²) in [5.41, 5.74) is 1.93. The second-order valence-corrected chi connectivity index (χ2v) is 4.39. The molecule has 0 aliphatic rings. The van der Waals surface area contributed by atoms with Gasteiger partial charge in [-0.25, -0.2) is 4.68 Å². The highest BCUT2D eigenvalue weighted by atomic mass is 16.5. The van der Waals surface area contributed by atoms with Gasteiger partial charge in [0, 0.05) is 24.5 Å². The quantitative estimate of drug-likeness (QED) is 0.692. The zero-order chi connectivity index (χ0) is 13.5. The van der Waals surface area contributed by atoms with Gasteiger partial charge >= 0.3 is 0 Å². The van der Waals surface area contributed by atoms with Crippen molar-refractivity contribution in [2.45, 2.75) is 33.4 Å². The van der Waals surface area contributed by atoms with E-state index in [2.05, 4.69) is 32.7 Å². The lowest BCUT2D eigenvalue weighted by Crippen LogP contribution is -2.14. The normalized spacial score (nSPS) is 10.8. The highest BCUT2D eigenvalue weighted by Crippen LogP contribution is 2.06. The van der Waals surface area contributed by atoms with Crippen LogP contribution >= 0.6 is 0 Å². The first-order valence-electron chi connectivity index (χ1n) is 6.52. The Morgan fingerprint density at radius 1 is 1.47 bits per heavy atom. The van der Waals surface area contributed by atoms with Gasteiger partial charge in [0.15, 0.2) is 0 Å². The summed E-state index contributed by atoms with van der Waals surface area (Å²) >= 11 is 0. The second-order valence-electron chi connectivity index (χ2n) is 4.39. The third kappa shape index (κ3) is 4.36. The molecular formula is C12H20N6O. The molecule has 104 valence electrons. The van der Waals surface area contributed by atoms with Crippen LogP contribution in [-0.2, 0) is 13.1 Å². The first kappa shape index (κ1) is 13.5. The summed E-state index contributed by atoms with van der Waals surface area (Å²) in [5.74, 6) is 0.613. The number of nitrogens with zero attached hydrogens (tertiary/aromatic N) is 4. The monoisotopic (exact) mass is 264 g/mol. The van der Waals surface area contributed by atoms with E-state index in [0.29, 0.717) is 19.0 Å². The van der Waals surface area contributed by atoms with Crippen LogP contribution in [0.3, 0.4) is 0 Å². The maximum atomic E-state index is 5.49. The van der Waals surface area contributed by atoms with Crippen molar-refractivity contribution in [1.82, 2.24) is 30.5 Å². The van der Waals surface area contributed by atoms with Gasteiger partial charge in [0.1, 0.15) is 6.61 Å². The molecule has 0 aromatic carbocycles. The zero-order valence-corrected chi connectivity index (χ0v) is 11.4. The van der Waals surface area contributed by atoms with Gasteiger partial charge < -0.3 is 10.1 Å². The van der Waals surface area contributed by atoms with Crippen molar-refractivity contribution in [2.75, 3.05) is 13.2 Å². The van der Waals surface area contributed by atoms with Crippen molar-refractivity contribution in [3.05, 3.63) is 23.7 Å². The third-order valence-electron chi connectivity index (χ3n) is 2.57. The Balaban J connectivity index is 1.71. The second kappa shape index (κ2) is 6.89. The van der Waals surface area contributed by atoms with Gasteiger partial charge in [0.25, 0.3) is 0 Å². The summed E-state index contributed by atoms with van der Waals surface area (Å²) in [4.78, 5) is 0. The molecule has 0 unspecified atom stereocenters. The van der Waals surface area contributed by atoms with Crippen molar-refractivity contribution >= 4 is 0 Å². The molecule has 0 spiro atoms. The molecule has 2 aromatic rings. The average Bonchev–Trinajstić information content (AvgIpc) is 3.00. The van der Waals surface area contributed by atoms with E-state index >= 15 is 0 Å². The van der Waals surface area contributed by atoms with Crippen molar-refractivity contribution in [1.29, 1.82) is 0 Å². The number of hydrogen-bond acceptors (Lipinski definition) is 5. The molecule has 2 rings (SSSR count). The fraction of sp³-hybridized carbons (Fsp3) is 0.583. The molecule has 0 saturated heterocycles. The SMILES string of the molecule is CCCNCc1cn(CCOc2cc(C)[nH]n2)nn1. The number of nitrogens with one attached hydrogen (secondary N) is 2. The molecule has 2 heterocycles. The van der Waals surface area contributed by atoms with Gasteiger partial charge in [-0.1, -0.05) is 12.1 Å². The number of ether oxygens (including phenoxy) is 1. The lowest BCUT2D eigenvalue weighted by Gasteiger charge is -2.01. The van der Waals surface area contributed by atoms with Crippen LogP contribution in [0.5, 0.6) is 5.88 Å². The van der Waals surface area contributed by atoms with Gasteiger partial charge in [-0.05, 0) is 19.9 Å². The van der Waals surface area contributed by atoms with Crippen molar-refractivity contribution in [3.8, 4) is 5.88 Å². The maximum absolute atomic E-state index is 5.49. The average molecular weight is 264 g/mol. The lowest BCUT2D eigenvalue weighted by atomic mass is 10.4. The molecule has 2 aromatic heterocycles. The van der Waals surface area contributed by atoms with Crippen LogP contribution in [0.25, 0.3) is 0 Å². The largest absolute Gasteiger partial charge is 0.475 e. The predicted molar refractivity (Wildman–Crippen MR) is 70.8 cm³/mol. The summed E-state index contributed by atoms with van der Waals surface area (Å²) in [6.07, 6.45) is 3.05. The van der Waals surface area contributed by atoms with Crippen LogP contribution in [0.1, 0.15) is 24.7 Å². The van der Waals surface area contributed by atoms with E-state index in [1.165, 1.54) is 0 Å². The van der Waals surface area contributed by atoms with Crippen LogP contribution in [0.15, 0.2) is 12.3 Å². The molecule has 0 bridgehead atoms. The van der Waals surface area contributed by atoms with E-state index in [-0.39, 0.29) is 0 Å². The number of rotatable bonds is 8. The van der Waals surface area contributed by atoms with E-state index in [9.17, 15) is 0 Å². The first-order valence-corrected chi connectivity index (χ1v) is 6.52. The molecule has 0 saturated carbocycles. The standard InChI is InChI=1S/C12H20N6O/c1-3-4-13-8-11-9-18(17-15-11)5-6-19-12-7-10(2)14-16-12/h7,9,13H,3-6,8H2,1-2H3,(H,14,16). The number of H-pyrrole nitrogens is 1. The van der Waals surface area contributed by atoms with Crippen LogP contribution in [0.4, 0.5) is 0 Å². The molecule has 0 fully saturated rings. The highest BCUT2D eigenvalue weighted by molar-refractivity contribution is 5.12. The summed E-state index contributed by atoms with van der Waals surface area (Å²) in [7, 11) is 0. The molecule has 0 amide bonds. The van der Waals surface area contributed by atoms with Gasteiger partial charge in [-0.3, -0.25) is 5.10 Å². The molecule has 0 atom stereocenters. The minimum absolute atomic E-state index is 0.523. The molecule has 0 aliphatic carbocycles. The lowest BCUT2D eigenvalue weighted by molar-refractivity contribution is 0.279. The summed E-state index contributed by atoms with van der Waals surface area (Å²) in [5, 5.41) is 18.3. The summed E-state index contributed by atoms with van der Waals surface area (Å²) in [6.45, 7) is 7.01. The Labute approximate surface area is 112 Å². The smallest absolute Gasteiger partial charge is 0.232 e. The van der Waals surface area contributed by atoms with Crippen molar-refractivity contribution in [2.24, 2.45) is 0 Å². The van der Waals surface area contributed by atoms with Crippen LogP contribution in [0, 0.1) is 6.92 Å². The summed E-state index contributed by atoms with van der Waals surface area (Å²) in [6, 6.07) is 1.86. The molecule has 0 radical (unpaired) electrons. The number of hydrogen-bond donors (Lipinski definition) is 2. The van der Waals surface area contributed by atoms with Crippen LogP contribution in [0.2, 0.25) is 0 Å². The number of aromatic amines is 1. The van der Waals surface area contributed by atoms with E-state index in [0.717, 1.165) is 30.9 Å².